The molecule has 1 atom stereocenters. The number of unbranched alkanes of at least 4 members (excludes halogenated alkanes) is 3. The standard InChI is InChI=1S/C22H29N5O4.C3H8/c1-3-4-5-6-11-23-22(31)24-13-15-7-8-17-16(12-15)21(30)27(14(2)25-17)18-9-10-19(28)26-20(18)29;1-3-2/h7-8,12,18H,3-6,9-11,13H2,1-2H3,(H2,23,24,31)(H,26,28,29);3H2,1-2H3/t18-;/m0./s1. The normalized spacial score (nSPS) is 15.4. The predicted octanol–water partition coefficient (Wildman–Crippen LogP) is 3.48. The molecule has 0 spiro atoms. The highest BCUT2D eigenvalue weighted by atomic mass is 16.2. The Labute approximate surface area is 200 Å². The maximum absolute atomic E-state index is 13.2. The van der Waals surface area contributed by atoms with E-state index >= 15 is 0 Å². The van der Waals surface area contributed by atoms with Gasteiger partial charge in [0, 0.05) is 19.5 Å². The third-order valence-electron chi connectivity index (χ3n) is 5.43. The summed E-state index contributed by atoms with van der Waals surface area (Å²) >= 11 is 0. The summed E-state index contributed by atoms with van der Waals surface area (Å²) in [6.45, 7) is 8.96. The first-order valence-electron chi connectivity index (χ1n) is 12.2. The number of nitrogens with one attached hydrogen (secondary N) is 3. The molecule has 1 aliphatic rings. The summed E-state index contributed by atoms with van der Waals surface area (Å²) in [4.78, 5) is 53.3. The summed E-state index contributed by atoms with van der Waals surface area (Å²) in [5.41, 5.74) is 0.945. The lowest BCUT2D eigenvalue weighted by Gasteiger charge is -2.24. The van der Waals surface area contributed by atoms with Crippen LogP contribution in [0.1, 0.15) is 83.1 Å². The van der Waals surface area contributed by atoms with Crippen LogP contribution < -0.4 is 21.5 Å². The molecule has 3 rings (SSSR count). The van der Waals surface area contributed by atoms with Crippen molar-refractivity contribution in [2.24, 2.45) is 0 Å². The van der Waals surface area contributed by atoms with Gasteiger partial charge in [0.25, 0.3) is 5.56 Å². The fourth-order valence-electron chi connectivity index (χ4n) is 3.76. The van der Waals surface area contributed by atoms with Crippen LogP contribution in [-0.2, 0) is 16.1 Å². The molecule has 1 saturated heterocycles. The first-order chi connectivity index (χ1) is 16.3. The van der Waals surface area contributed by atoms with Crippen LogP contribution >= 0.6 is 0 Å². The molecule has 9 nitrogen and oxygen atoms in total. The van der Waals surface area contributed by atoms with Crippen molar-refractivity contribution in [3.63, 3.8) is 0 Å². The number of rotatable bonds is 8. The zero-order chi connectivity index (χ0) is 25.1. The number of hydrogen-bond acceptors (Lipinski definition) is 5. The van der Waals surface area contributed by atoms with Gasteiger partial charge in [-0.2, -0.15) is 0 Å². The smallest absolute Gasteiger partial charge is 0.315 e. The van der Waals surface area contributed by atoms with E-state index in [9.17, 15) is 19.2 Å². The third-order valence-corrected chi connectivity index (χ3v) is 5.43. The number of urea groups is 1. The third kappa shape index (κ3) is 7.40. The molecule has 1 fully saturated rings. The highest BCUT2D eigenvalue weighted by Crippen LogP contribution is 2.20. The Kier molecular flexibility index (Phi) is 10.7. The number of carbonyl (C=O) groups is 3. The van der Waals surface area contributed by atoms with Gasteiger partial charge in [-0.1, -0.05) is 52.5 Å². The van der Waals surface area contributed by atoms with Gasteiger partial charge >= 0.3 is 6.03 Å². The minimum absolute atomic E-state index is 0.178. The van der Waals surface area contributed by atoms with Crippen LogP contribution in [0.25, 0.3) is 10.9 Å². The topological polar surface area (TPSA) is 122 Å². The van der Waals surface area contributed by atoms with Crippen LogP contribution in [0.15, 0.2) is 23.0 Å². The highest BCUT2D eigenvalue weighted by Gasteiger charge is 2.30. The lowest BCUT2D eigenvalue weighted by Crippen LogP contribution is -2.45. The highest BCUT2D eigenvalue weighted by molar-refractivity contribution is 5.99. The molecule has 186 valence electrons. The molecule has 1 aromatic heterocycles. The molecule has 1 aliphatic heterocycles. The number of amides is 4. The van der Waals surface area contributed by atoms with Crippen LogP contribution in [0.4, 0.5) is 4.79 Å². The Morgan fingerprint density at radius 1 is 1.12 bits per heavy atom. The van der Waals surface area contributed by atoms with Gasteiger partial charge in [-0.25, -0.2) is 9.78 Å². The van der Waals surface area contributed by atoms with E-state index in [0.29, 0.717) is 23.3 Å². The minimum atomic E-state index is -0.762. The molecule has 0 unspecified atom stereocenters. The van der Waals surface area contributed by atoms with Gasteiger partial charge in [0.15, 0.2) is 0 Å². The number of fused-ring (bicyclic) bond motifs is 1. The van der Waals surface area contributed by atoms with E-state index in [1.54, 1.807) is 19.1 Å². The fraction of sp³-hybridized carbons (Fsp3) is 0.560. The van der Waals surface area contributed by atoms with E-state index < -0.39 is 11.9 Å². The number of aromatic nitrogens is 2. The molecule has 0 saturated carbocycles. The summed E-state index contributed by atoms with van der Waals surface area (Å²) in [6.07, 6.45) is 6.03. The first-order valence-corrected chi connectivity index (χ1v) is 12.2. The molecular weight excluding hydrogens is 434 g/mol. The van der Waals surface area contributed by atoms with Gasteiger partial charge in [-0.15, -0.1) is 0 Å². The molecule has 0 aliphatic carbocycles. The maximum Gasteiger partial charge on any atom is 0.315 e. The Balaban J connectivity index is 0.00000129. The first kappa shape index (κ1) is 27.0. The average molecular weight is 472 g/mol. The van der Waals surface area contributed by atoms with E-state index in [0.717, 1.165) is 31.2 Å². The van der Waals surface area contributed by atoms with Crippen LogP contribution in [0.3, 0.4) is 0 Å². The SMILES string of the molecule is CCC.CCCCCCNC(=O)NCc1ccc2nc(C)n([C@H]3CCC(=O)NC3=O)c(=O)c2c1. The van der Waals surface area contributed by atoms with Crippen LogP contribution in [0.5, 0.6) is 0 Å². The summed E-state index contributed by atoms with van der Waals surface area (Å²) < 4.78 is 1.35. The molecule has 34 heavy (non-hydrogen) atoms. The predicted molar refractivity (Wildman–Crippen MR) is 133 cm³/mol. The van der Waals surface area contributed by atoms with Crippen molar-refractivity contribution >= 4 is 28.7 Å². The number of nitrogens with zero attached hydrogens (tertiary/aromatic N) is 2. The molecule has 4 amide bonds. The molecule has 3 N–H and O–H groups in total. The van der Waals surface area contributed by atoms with Crippen molar-refractivity contribution in [2.45, 2.75) is 85.2 Å². The summed E-state index contributed by atoms with van der Waals surface area (Å²) in [5, 5.41) is 8.28. The van der Waals surface area contributed by atoms with E-state index in [1.165, 1.54) is 11.0 Å². The molecule has 0 radical (unpaired) electrons. The van der Waals surface area contributed by atoms with Crippen molar-refractivity contribution in [3.8, 4) is 0 Å². The quantitative estimate of drug-likeness (QED) is 0.402. The van der Waals surface area contributed by atoms with E-state index in [4.69, 9.17) is 0 Å². The molecular formula is C25H37N5O4. The monoisotopic (exact) mass is 471 g/mol. The molecule has 0 bridgehead atoms. The maximum atomic E-state index is 13.2. The van der Waals surface area contributed by atoms with Crippen molar-refractivity contribution in [1.29, 1.82) is 0 Å². The van der Waals surface area contributed by atoms with Crippen LogP contribution in [0, 0.1) is 6.92 Å². The summed E-state index contributed by atoms with van der Waals surface area (Å²) in [7, 11) is 0. The number of aryl methyl sites for hydroxylation is 1. The van der Waals surface area contributed by atoms with E-state index in [-0.39, 0.29) is 36.9 Å². The van der Waals surface area contributed by atoms with Crippen LogP contribution in [-0.4, -0.2) is 33.9 Å². The van der Waals surface area contributed by atoms with Gasteiger partial charge in [0.1, 0.15) is 11.9 Å². The Bertz CT molecular complexity index is 1060. The van der Waals surface area contributed by atoms with Crippen molar-refractivity contribution in [2.75, 3.05) is 6.54 Å². The van der Waals surface area contributed by atoms with Crippen LogP contribution in [0.2, 0.25) is 0 Å². The second-order valence-corrected chi connectivity index (χ2v) is 8.53. The lowest BCUT2D eigenvalue weighted by molar-refractivity contribution is -0.135. The van der Waals surface area contributed by atoms with Gasteiger partial charge in [-0.05, 0) is 37.5 Å². The zero-order valence-electron chi connectivity index (χ0n) is 20.7. The number of carbonyl (C=O) groups excluding carboxylic acids is 3. The van der Waals surface area contributed by atoms with Crippen molar-refractivity contribution in [3.05, 3.63) is 39.9 Å². The zero-order valence-corrected chi connectivity index (χ0v) is 20.7. The minimum Gasteiger partial charge on any atom is -0.338 e. The average Bonchev–Trinajstić information content (AvgIpc) is 2.79. The second-order valence-electron chi connectivity index (χ2n) is 8.53. The number of piperidine rings is 1. The van der Waals surface area contributed by atoms with E-state index in [1.807, 2.05) is 6.07 Å². The summed E-state index contributed by atoms with van der Waals surface area (Å²) in [6, 6.07) is 4.22. The van der Waals surface area contributed by atoms with Gasteiger partial charge in [-0.3, -0.25) is 24.3 Å². The summed E-state index contributed by atoms with van der Waals surface area (Å²) in [5.74, 6) is -0.408. The Morgan fingerprint density at radius 3 is 2.53 bits per heavy atom. The van der Waals surface area contributed by atoms with Crippen molar-refractivity contribution in [1.82, 2.24) is 25.5 Å². The van der Waals surface area contributed by atoms with Crippen molar-refractivity contribution < 1.29 is 14.4 Å². The second kappa shape index (κ2) is 13.5. The largest absolute Gasteiger partial charge is 0.338 e. The molecule has 1 aromatic carbocycles. The molecule has 2 aromatic rings. The van der Waals surface area contributed by atoms with Gasteiger partial charge in [0.2, 0.25) is 11.8 Å². The fourth-order valence-corrected chi connectivity index (χ4v) is 3.76. The molecule has 2 heterocycles. The van der Waals surface area contributed by atoms with E-state index in [2.05, 4.69) is 41.7 Å². The molecule has 9 heteroatoms. The Morgan fingerprint density at radius 2 is 1.85 bits per heavy atom. The van der Waals surface area contributed by atoms with Gasteiger partial charge < -0.3 is 10.6 Å². The lowest BCUT2D eigenvalue weighted by atomic mass is 10.0. The number of imide groups is 1. The Hall–Kier alpha value is -3.23. The van der Waals surface area contributed by atoms with Gasteiger partial charge in [0.05, 0.1) is 10.9 Å². The number of hydrogen-bond donors (Lipinski definition) is 3. The number of benzene rings is 1.